The van der Waals surface area contributed by atoms with E-state index in [4.69, 9.17) is 0 Å². The van der Waals surface area contributed by atoms with Crippen molar-refractivity contribution < 1.29 is 4.79 Å². The van der Waals surface area contributed by atoms with Gasteiger partial charge in [0.05, 0.1) is 5.92 Å². The third-order valence-electron chi connectivity index (χ3n) is 3.10. The van der Waals surface area contributed by atoms with E-state index < -0.39 is 0 Å². The van der Waals surface area contributed by atoms with Crippen molar-refractivity contribution in [2.75, 3.05) is 13.6 Å². The summed E-state index contributed by atoms with van der Waals surface area (Å²) in [6.45, 7) is 0.785. The molecule has 0 aliphatic carbocycles. The van der Waals surface area contributed by atoms with E-state index in [1.54, 1.807) is 4.90 Å². The second kappa shape index (κ2) is 4.97. The zero-order valence-corrected chi connectivity index (χ0v) is 12.6. The molecule has 0 aromatic carbocycles. The van der Waals surface area contributed by atoms with Crippen LogP contribution in [0.5, 0.6) is 0 Å². The first-order valence-corrected chi connectivity index (χ1v) is 7.47. The van der Waals surface area contributed by atoms with E-state index in [-0.39, 0.29) is 11.8 Å². The number of aromatic nitrogens is 3. The predicted molar refractivity (Wildman–Crippen MR) is 75.8 cm³/mol. The van der Waals surface area contributed by atoms with Gasteiger partial charge in [-0.1, -0.05) is 17.4 Å². The molecule has 1 saturated heterocycles. The zero-order valence-electron chi connectivity index (χ0n) is 10.2. The Kier molecular flexibility index (Phi) is 3.32. The first-order chi connectivity index (χ1) is 9.15. The number of hydrogen-bond acceptors (Lipinski definition) is 5. The summed E-state index contributed by atoms with van der Waals surface area (Å²) in [5, 5.41) is 9.83. The maximum Gasteiger partial charge on any atom is 0.232 e. The molecule has 2 aromatic rings. The van der Waals surface area contributed by atoms with Gasteiger partial charge in [0.1, 0.15) is 15.3 Å². The summed E-state index contributed by atoms with van der Waals surface area (Å²) in [6, 6.07) is 5.65. The third-order valence-corrected chi connectivity index (χ3v) is 4.60. The molecule has 0 bridgehead atoms. The number of rotatable bonds is 2. The van der Waals surface area contributed by atoms with Crippen LogP contribution in [0.3, 0.4) is 0 Å². The molecule has 98 valence electrons. The Bertz CT molecular complexity index is 630. The molecule has 0 saturated carbocycles. The lowest BCUT2D eigenvalue weighted by Gasteiger charge is -2.06. The number of halogens is 1. The van der Waals surface area contributed by atoms with Gasteiger partial charge in [-0.05, 0) is 34.5 Å². The quantitative estimate of drug-likeness (QED) is 0.788. The number of nitrogens with zero attached hydrogens (tertiary/aromatic N) is 4. The molecule has 1 unspecified atom stereocenters. The standard InChI is InChI=1S/C12H11BrN4OS/c1-17-6-5-7(12(17)18)10-15-16-11(19-10)8-3-2-4-9(13)14-8/h2-4,7H,5-6H2,1H3. The highest BCUT2D eigenvalue weighted by atomic mass is 79.9. The number of pyridine rings is 1. The number of likely N-dealkylation sites (N-methyl/N-ethyl adjacent to an activating group) is 1. The molecule has 0 spiro atoms. The van der Waals surface area contributed by atoms with Crippen molar-refractivity contribution in [3.8, 4) is 10.7 Å². The molecular formula is C12H11BrN4OS. The van der Waals surface area contributed by atoms with E-state index >= 15 is 0 Å². The maximum absolute atomic E-state index is 11.9. The Hall–Kier alpha value is -1.34. The van der Waals surface area contributed by atoms with Gasteiger partial charge in [0.25, 0.3) is 0 Å². The first kappa shape index (κ1) is 12.7. The van der Waals surface area contributed by atoms with E-state index in [2.05, 4.69) is 31.1 Å². The Balaban J connectivity index is 1.90. The lowest BCUT2D eigenvalue weighted by atomic mass is 10.1. The van der Waals surface area contributed by atoms with Gasteiger partial charge in [0.15, 0.2) is 5.01 Å². The lowest BCUT2D eigenvalue weighted by molar-refractivity contribution is -0.127. The van der Waals surface area contributed by atoms with Crippen LogP contribution in [-0.4, -0.2) is 39.6 Å². The van der Waals surface area contributed by atoms with Crippen molar-refractivity contribution in [1.29, 1.82) is 0 Å². The highest BCUT2D eigenvalue weighted by molar-refractivity contribution is 9.10. The average Bonchev–Trinajstić information content (AvgIpc) is 2.98. The fourth-order valence-electron chi connectivity index (χ4n) is 2.06. The SMILES string of the molecule is CN1CCC(c2nnc(-c3cccc(Br)n3)s2)C1=O. The van der Waals surface area contributed by atoms with Gasteiger partial charge < -0.3 is 4.90 Å². The molecule has 19 heavy (non-hydrogen) atoms. The van der Waals surface area contributed by atoms with Crippen molar-refractivity contribution in [3.63, 3.8) is 0 Å². The van der Waals surface area contributed by atoms with Crippen molar-refractivity contribution >= 4 is 33.2 Å². The average molecular weight is 339 g/mol. The summed E-state index contributed by atoms with van der Waals surface area (Å²) >= 11 is 4.78. The van der Waals surface area contributed by atoms with E-state index in [1.807, 2.05) is 25.2 Å². The molecule has 5 nitrogen and oxygen atoms in total. The molecule has 1 aliphatic heterocycles. The minimum absolute atomic E-state index is 0.130. The van der Waals surface area contributed by atoms with Crippen LogP contribution in [0, 0.1) is 0 Å². The van der Waals surface area contributed by atoms with Gasteiger partial charge in [0, 0.05) is 13.6 Å². The number of hydrogen-bond donors (Lipinski definition) is 0. The molecule has 1 atom stereocenters. The van der Waals surface area contributed by atoms with Crippen molar-refractivity contribution in [2.45, 2.75) is 12.3 Å². The molecule has 1 fully saturated rings. The minimum atomic E-state index is -0.136. The molecule has 2 aromatic heterocycles. The second-order valence-corrected chi connectivity index (χ2v) is 6.21. The molecule has 0 radical (unpaired) electrons. The lowest BCUT2D eigenvalue weighted by Crippen LogP contribution is -2.21. The predicted octanol–water partition coefficient (Wildman–Crippen LogP) is 2.31. The highest BCUT2D eigenvalue weighted by Gasteiger charge is 2.33. The molecule has 7 heteroatoms. The van der Waals surface area contributed by atoms with Gasteiger partial charge in [-0.15, -0.1) is 10.2 Å². The zero-order chi connectivity index (χ0) is 13.4. The van der Waals surface area contributed by atoms with Gasteiger partial charge in [-0.3, -0.25) is 4.79 Å². The van der Waals surface area contributed by atoms with E-state index in [9.17, 15) is 4.79 Å². The van der Waals surface area contributed by atoms with Crippen molar-refractivity contribution in [3.05, 3.63) is 27.8 Å². The Morgan fingerprint density at radius 1 is 1.42 bits per heavy atom. The molecular weight excluding hydrogens is 328 g/mol. The van der Waals surface area contributed by atoms with Crippen LogP contribution in [0.2, 0.25) is 0 Å². The van der Waals surface area contributed by atoms with Crippen molar-refractivity contribution in [2.24, 2.45) is 0 Å². The van der Waals surface area contributed by atoms with Gasteiger partial charge in [-0.2, -0.15) is 0 Å². The molecule has 3 rings (SSSR count). The largest absolute Gasteiger partial charge is 0.345 e. The Labute approximate surface area is 122 Å². The van der Waals surface area contributed by atoms with Crippen LogP contribution in [0.4, 0.5) is 0 Å². The van der Waals surface area contributed by atoms with E-state index in [1.165, 1.54) is 11.3 Å². The highest BCUT2D eigenvalue weighted by Crippen LogP contribution is 2.32. The summed E-state index contributed by atoms with van der Waals surface area (Å²) in [5.41, 5.74) is 0.775. The van der Waals surface area contributed by atoms with Crippen molar-refractivity contribution in [1.82, 2.24) is 20.1 Å². The first-order valence-electron chi connectivity index (χ1n) is 5.86. The van der Waals surface area contributed by atoms with Crippen LogP contribution in [0.1, 0.15) is 17.3 Å². The number of likely N-dealkylation sites (tertiary alicyclic amines) is 1. The molecule has 1 aliphatic rings. The summed E-state index contributed by atoms with van der Waals surface area (Å²) < 4.78 is 0.762. The minimum Gasteiger partial charge on any atom is -0.345 e. The Morgan fingerprint density at radius 3 is 2.95 bits per heavy atom. The summed E-state index contributed by atoms with van der Waals surface area (Å²) in [6.07, 6.45) is 0.815. The summed E-state index contributed by atoms with van der Waals surface area (Å²) in [7, 11) is 1.82. The third kappa shape index (κ3) is 2.40. The molecule has 3 heterocycles. The summed E-state index contributed by atoms with van der Waals surface area (Å²) in [5.74, 6) is -0.00620. The number of carbonyl (C=O) groups excluding carboxylic acids is 1. The summed E-state index contributed by atoms with van der Waals surface area (Å²) in [4.78, 5) is 18.0. The van der Waals surface area contributed by atoms with Crippen LogP contribution in [-0.2, 0) is 4.79 Å². The van der Waals surface area contributed by atoms with Gasteiger partial charge >= 0.3 is 0 Å². The Morgan fingerprint density at radius 2 is 2.26 bits per heavy atom. The van der Waals surface area contributed by atoms with E-state index in [0.29, 0.717) is 0 Å². The molecule has 1 amide bonds. The normalized spacial score (nSPS) is 19.2. The fraction of sp³-hybridized carbons (Fsp3) is 0.333. The molecule has 0 N–H and O–H groups in total. The van der Waals surface area contributed by atoms with Gasteiger partial charge in [0.2, 0.25) is 5.91 Å². The van der Waals surface area contributed by atoms with E-state index in [0.717, 1.165) is 33.3 Å². The van der Waals surface area contributed by atoms with Gasteiger partial charge in [-0.25, -0.2) is 4.98 Å². The smallest absolute Gasteiger partial charge is 0.232 e. The van der Waals surface area contributed by atoms with Crippen LogP contribution < -0.4 is 0 Å². The van der Waals surface area contributed by atoms with Crippen LogP contribution in [0.15, 0.2) is 22.8 Å². The van der Waals surface area contributed by atoms with Crippen LogP contribution >= 0.6 is 27.3 Å². The fourth-order valence-corrected chi connectivity index (χ4v) is 3.34. The topological polar surface area (TPSA) is 59.0 Å². The number of carbonyl (C=O) groups is 1. The number of amides is 1. The second-order valence-electron chi connectivity index (χ2n) is 4.39. The van der Waals surface area contributed by atoms with Crippen LogP contribution in [0.25, 0.3) is 10.7 Å². The maximum atomic E-state index is 11.9. The monoisotopic (exact) mass is 338 g/mol.